The molecule has 0 atom stereocenters. The Kier molecular flexibility index (Phi) is 4.99. The molecule has 0 saturated carbocycles. The molecule has 0 saturated heterocycles. The van der Waals surface area contributed by atoms with Crippen molar-refractivity contribution in [1.82, 2.24) is 0 Å². The zero-order valence-electron chi connectivity index (χ0n) is 11.4. The summed E-state index contributed by atoms with van der Waals surface area (Å²) < 4.78 is 5.77. The maximum absolute atomic E-state index is 5.77. The highest BCUT2D eigenvalue weighted by molar-refractivity contribution is 5.28. The predicted molar refractivity (Wildman–Crippen MR) is 79.4 cm³/mol. The third-order valence-electron chi connectivity index (χ3n) is 3.19. The summed E-state index contributed by atoms with van der Waals surface area (Å²) in [6, 6.07) is 16.7. The van der Waals surface area contributed by atoms with E-state index >= 15 is 0 Å². The molecule has 2 aromatic rings. The minimum absolute atomic E-state index is 0.611. The van der Waals surface area contributed by atoms with Gasteiger partial charge in [0.05, 0.1) is 0 Å². The van der Waals surface area contributed by atoms with Crippen LogP contribution in [0.2, 0.25) is 0 Å². The average molecular weight is 255 g/mol. The highest BCUT2D eigenvalue weighted by atomic mass is 16.5. The number of nitrogens with two attached hydrogens (primary N) is 1. The first-order valence-corrected chi connectivity index (χ1v) is 6.81. The van der Waals surface area contributed by atoms with Gasteiger partial charge >= 0.3 is 0 Å². The molecule has 2 heteroatoms. The Morgan fingerprint density at radius 3 is 2.00 bits per heavy atom. The summed E-state index contributed by atoms with van der Waals surface area (Å²) in [6.45, 7) is 3.46. The van der Waals surface area contributed by atoms with E-state index in [9.17, 15) is 0 Å². The van der Waals surface area contributed by atoms with Crippen LogP contribution in [0.5, 0.6) is 5.75 Å². The summed E-state index contributed by atoms with van der Waals surface area (Å²) in [5, 5.41) is 0. The van der Waals surface area contributed by atoms with Crippen LogP contribution in [0.15, 0.2) is 48.5 Å². The largest absolute Gasteiger partial charge is 0.489 e. The first-order chi connectivity index (χ1) is 9.31. The lowest BCUT2D eigenvalue weighted by Gasteiger charge is -2.07. The number of benzene rings is 2. The van der Waals surface area contributed by atoms with Crippen molar-refractivity contribution in [2.45, 2.75) is 26.4 Å². The van der Waals surface area contributed by atoms with Gasteiger partial charge in [0.2, 0.25) is 0 Å². The lowest BCUT2D eigenvalue weighted by Crippen LogP contribution is -2.02. The van der Waals surface area contributed by atoms with E-state index in [4.69, 9.17) is 10.5 Å². The number of aryl methyl sites for hydroxylation is 1. The maximum atomic E-state index is 5.77. The van der Waals surface area contributed by atoms with Gasteiger partial charge in [0.1, 0.15) is 12.4 Å². The summed E-state index contributed by atoms with van der Waals surface area (Å²) in [4.78, 5) is 0. The second-order valence-corrected chi connectivity index (χ2v) is 4.64. The lowest BCUT2D eigenvalue weighted by atomic mass is 10.1. The van der Waals surface area contributed by atoms with Gasteiger partial charge in [-0.15, -0.1) is 0 Å². The Morgan fingerprint density at radius 1 is 0.842 bits per heavy atom. The van der Waals surface area contributed by atoms with Crippen LogP contribution >= 0.6 is 0 Å². The Labute approximate surface area is 115 Å². The Hall–Kier alpha value is -1.80. The summed E-state index contributed by atoms with van der Waals surface area (Å²) in [7, 11) is 0. The van der Waals surface area contributed by atoms with E-state index in [0.717, 1.165) is 18.6 Å². The molecule has 0 aliphatic carbocycles. The molecule has 0 spiro atoms. The van der Waals surface area contributed by atoms with Crippen molar-refractivity contribution in [2.75, 3.05) is 6.54 Å². The normalized spacial score (nSPS) is 10.4. The first kappa shape index (κ1) is 13.6. The summed E-state index contributed by atoms with van der Waals surface area (Å²) >= 11 is 0. The molecule has 0 fully saturated rings. The van der Waals surface area contributed by atoms with E-state index < -0.39 is 0 Å². The fraction of sp³-hybridized carbons (Fsp3) is 0.294. The van der Waals surface area contributed by atoms with Crippen molar-refractivity contribution in [2.24, 2.45) is 5.73 Å². The first-order valence-electron chi connectivity index (χ1n) is 6.81. The van der Waals surface area contributed by atoms with E-state index in [-0.39, 0.29) is 0 Å². The third kappa shape index (κ3) is 4.11. The Bertz CT molecular complexity index is 488. The van der Waals surface area contributed by atoms with Crippen molar-refractivity contribution in [3.63, 3.8) is 0 Å². The van der Waals surface area contributed by atoms with Gasteiger partial charge in [-0.3, -0.25) is 0 Å². The van der Waals surface area contributed by atoms with Gasteiger partial charge in [-0.05, 0) is 48.2 Å². The third-order valence-corrected chi connectivity index (χ3v) is 3.19. The topological polar surface area (TPSA) is 35.2 Å². The zero-order chi connectivity index (χ0) is 13.5. The highest BCUT2D eigenvalue weighted by Crippen LogP contribution is 2.15. The van der Waals surface area contributed by atoms with Gasteiger partial charge in [-0.1, -0.05) is 43.3 Å². The molecular formula is C17H21NO. The standard InChI is InChI=1S/C17H21NO/c1-2-14-3-5-16(6-4-14)13-19-17-9-7-15(8-10-17)11-12-18/h3-10H,2,11-13,18H2,1H3. The molecule has 0 amide bonds. The molecule has 0 heterocycles. The lowest BCUT2D eigenvalue weighted by molar-refractivity contribution is 0.306. The van der Waals surface area contributed by atoms with Crippen LogP contribution in [0, 0.1) is 0 Å². The number of hydrogen-bond donors (Lipinski definition) is 1. The fourth-order valence-electron chi connectivity index (χ4n) is 1.96. The van der Waals surface area contributed by atoms with Crippen molar-refractivity contribution >= 4 is 0 Å². The molecule has 0 aromatic heterocycles. The van der Waals surface area contributed by atoms with Crippen LogP contribution in [0.1, 0.15) is 23.6 Å². The molecule has 2 aromatic carbocycles. The fourth-order valence-corrected chi connectivity index (χ4v) is 1.96. The van der Waals surface area contributed by atoms with Crippen molar-refractivity contribution in [1.29, 1.82) is 0 Å². The predicted octanol–water partition coefficient (Wildman–Crippen LogP) is 3.33. The Balaban J connectivity index is 1.90. The summed E-state index contributed by atoms with van der Waals surface area (Å²) in [6.07, 6.45) is 1.99. The van der Waals surface area contributed by atoms with Gasteiger partial charge in [-0.2, -0.15) is 0 Å². The second-order valence-electron chi connectivity index (χ2n) is 4.64. The van der Waals surface area contributed by atoms with Gasteiger partial charge in [0.25, 0.3) is 0 Å². The molecule has 0 aliphatic heterocycles. The van der Waals surface area contributed by atoms with Gasteiger partial charge in [0.15, 0.2) is 0 Å². The van der Waals surface area contributed by atoms with E-state index in [1.165, 1.54) is 16.7 Å². The molecule has 19 heavy (non-hydrogen) atoms. The van der Waals surface area contributed by atoms with Crippen LogP contribution in [0.3, 0.4) is 0 Å². The average Bonchev–Trinajstić information content (AvgIpc) is 2.47. The molecular weight excluding hydrogens is 234 g/mol. The molecule has 2 N–H and O–H groups in total. The molecule has 100 valence electrons. The molecule has 2 rings (SSSR count). The van der Waals surface area contributed by atoms with Crippen LogP contribution in [0.25, 0.3) is 0 Å². The molecule has 0 radical (unpaired) electrons. The van der Waals surface area contributed by atoms with E-state index in [1.807, 2.05) is 12.1 Å². The van der Waals surface area contributed by atoms with Crippen LogP contribution in [-0.4, -0.2) is 6.54 Å². The van der Waals surface area contributed by atoms with E-state index in [0.29, 0.717) is 13.2 Å². The number of ether oxygens (including phenoxy) is 1. The van der Waals surface area contributed by atoms with Crippen LogP contribution in [-0.2, 0) is 19.4 Å². The Morgan fingerprint density at radius 2 is 1.42 bits per heavy atom. The summed E-state index contributed by atoms with van der Waals surface area (Å²) in [5.41, 5.74) is 9.33. The van der Waals surface area contributed by atoms with E-state index in [2.05, 4.69) is 43.3 Å². The molecule has 0 unspecified atom stereocenters. The minimum Gasteiger partial charge on any atom is -0.489 e. The van der Waals surface area contributed by atoms with Gasteiger partial charge < -0.3 is 10.5 Å². The maximum Gasteiger partial charge on any atom is 0.119 e. The number of rotatable bonds is 6. The quantitative estimate of drug-likeness (QED) is 0.859. The van der Waals surface area contributed by atoms with Gasteiger partial charge in [-0.25, -0.2) is 0 Å². The van der Waals surface area contributed by atoms with Crippen molar-refractivity contribution in [3.8, 4) is 5.75 Å². The van der Waals surface area contributed by atoms with E-state index in [1.54, 1.807) is 0 Å². The highest BCUT2D eigenvalue weighted by Gasteiger charge is 1.97. The van der Waals surface area contributed by atoms with Crippen molar-refractivity contribution < 1.29 is 4.74 Å². The molecule has 0 aliphatic rings. The monoisotopic (exact) mass is 255 g/mol. The minimum atomic E-state index is 0.611. The SMILES string of the molecule is CCc1ccc(COc2ccc(CCN)cc2)cc1. The molecule has 2 nitrogen and oxygen atoms in total. The van der Waals surface area contributed by atoms with Gasteiger partial charge in [0, 0.05) is 0 Å². The zero-order valence-corrected chi connectivity index (χ0v) is 11.4. The molecule has 0 bridgehead atoms. The number of hydrogen-bond acceptors (Lipinski definition) is 2. The summed E-state index contributed by atoms with van der Waals surface area (Å²) in [5.74, 6) is 0.903. The van der Waals surface area contributed by atoms with Crippen LogP contribution in [0.4, 0.5) is 0 Å². The van der Waals surface area contributed by atoms with Crippen molar-refractivity contribution in [3.05, 3.63) is 65.2 Å². The second kappa shape index (κ2) is 6.95. The van der Waals surface area contributed by atoms with Crippen LogP contribution < -0.4 is 10.5 Å². The smallest absolute Gasteiger partial charge is 0.119 e.